The standard InChI is InChI=1S/C10H19ClN2O2S/c11-16(14,15)13-7-3-10(4-8-13)9-12-5-1-2-6-12/h10H,1-9H2. The molecule has 16 heavy (non-hydrogen) atoms. The average molecular weight is 267 g/mol. The van der Waals surface area contributed by atoms with Crippen molar-refractivity contribution in [3.05, 3.63) is 0 Å². The van der Waals surface area contributed by atoms with Crippen molar-refractivity contribution in [3.8, 4) is 0 Å². The zero-order valence-corrected chi connectivity index (χ0v) is 11.0. The van der Waals surface area contributed by atoms with Crippen molar-refractivity contribution in [1.82, 2.24) is 9.21 Å². The second kappa shape index (κ2) is 5.21. The maximum atomic E-state index is 11.1. The predicted molar refractivity (Wildman–Crippen MR) is 64.7 cm³/mol. The number of nitrogens with zero attached hydrogens (tertiary/aromatic N) is 2. The SMILES string of the molecule is O=S(=O)(Cl)N1CCC(CN2CCCC2)CC1. The minimum absolute atomic E-state index is 0.588. The highest BCUT2D eigenvalue weighted by atomic mass is 35.7. The number of likely N-dealkylation sites (tertiary alicyclic amines) is 1. The summed E-state index contributed by atoms with van der Waals surface area (Å²) in [5.41, 5.74) is 0. The molecule has 0 unspecified atom stereocenters. The van der Waals surface area contributed by atoms with E-state index in [-0.39, 0.29) is 0 Å². The maximum Gasteiger partial charge on any atom is 0.299 e. The number of halogens is 1. The lowest BCUT2D eigenvalue weighted by Gasteiger charge is -2.31. The zero-order chi connectivity index (χ0) is 11.6. The van der Waals surface area contributed by atoms with Gasteiger partial charge in [0.25, 0.3) is 9.24 Å². The van der Waals surface area contributed by atoms with E-state index in [9.17, 15) is 8.42 Å². The van der Waals surface area contributed by atoms with Gasteiger partial charge in [-0.3, -0.25) is 0 Å². The Bertz CT molecular complexity index is 320. The lowest BCUT2D eigenvalue weighted by molar-refractivity contribution is 0.207. The van der Waals surface area contributed by atoms with Gasteiger partial charge in [0.05, 0.1) is 0 Å². The van der Waals surface area contributed by atoms with Crippen LogP contribution in [-0.2, 0) is 9.24 Å². The van der Waals surface area contributed by atoms with Crippen molar-refractivity contribution >= 4 is 19.9 Å². The molecule has 94 valence electrons. The van der Waals surface area contributed by atoms with Crippen LogP contribution < -0.4 is 0 Å². The fraction of sp³-hybridized carbons (Fsp3) is 1.00. The Balaban J connectivity index is 1.76. The van der Waals surface area contributed by atoms with Gasteiger partial charge in [0, 0.05) is 30.3 Å². The molecule has 0 spiro atoms. The molecule has 4 nitrogen and oxygen atoms in total. The van der Waals surface area contributed by atoms with E-state index in [1.54, 1.807) is 0 Å². The fourth-order valence-corrected chi connectivity index (χ4v) is 3.70. The first kappa shape index (κ1) is 12.6. The van der Waals surface area contributed by atoms with Crippen molar-refractivity contribution in [2.75, 3.05) is 32.7 Å². The van der Waals surface area contributed by atoms with Crippen LogP contribution in [0.1, 0.15) is 25.7 Å². The molecule has 2 rings (SSSR count). The molecular formula is C10H19ClN2O2S. The van der Waals surface area contributed by atoms with Crippen molar-refractivity contribution < 1.29 is 8.42 Å². The molecule has 2 aliphatic rings. The molecule has 0 aromatic rings. The molecule has 0 atom stereocenters. The summed E-state index contributed by atoms with van der Waals surface area (Å²) in [5, 5.41) is 0. The third-order valence-electron chi connectivity index (χ3n) is 3.60. The highest BCUT2D eigenvalue weighted by Crippen LogP contribution is 2.23. The molecule has 2 saturated heterocycles. The van der Waals surface area contributed by atoms with Crippen LogP contribution in [0.5, 0.6) is 0 Å². The average Bonchev–Trinajstić information content (AvgIpc) is 2.70. The third kappa shape index (κ3) is 3.32. The van der Waals surface area contributed by atoms with Crippen LogP contribution >= 0.6 is 10.7 Å². The van der Waals surface area contributed by atoms with E-state index >= 15 is 0 Å². The topological polar surface area (TPSA) is 40.6 Å². The van der Waals surface area contributed by atoms with Gasteiger partial charge < -0.3 is 4.90 Å². The van der Waals surface area contributed by atoms with Crippen LogP contribution in [-0.4, -0.2) is 50.3 Å². The smallest absolute Gasteiger partial charge is 0.299 e. The first-order valence-electron chi connectivity index (χ1n) is 5.98. The predicted octanol–water partition coefficient (Wildman–Crippen LogP) is 1.28. The van der Waals surface area contributed by atoms with Gasteiger partial charge in [-0.1, -0.05) is 0 Å². The summed E-state index contributed by atoms with van der Waals surface area (Å²) < 4.78 is 23.6. The number of rotatable bonds is 3. The van der Waals surface area contributed by atoms with Crippen molar-refractivity contribution in [2.24, 2.45) is 5.92 Å². The van der Waals surface area contributed by atoms with Crippen LogP contribution in [0.2, 0.25) is 0 Å². The van der Waals surface area contributed by atoms with Gasteiger partial charge in [0.2, 0.25) is 0 Å². The molecule has 6 heteroatoms. The zero-order valence-electron chi connectivity index (χ0n) is 9.44. The van der Waals surface area contributed by atoms with Crippen molar-refractivity contribution in [3.63, 3.8) is 0 Å². The molecule has 0 saturated carbocycles. The highest BCUT2D eigenvalue weighted by Gasteiger charge is 2.27. The Morgan fingerprint density at radius 1 is 1.06 bits per heavy atom. The summed E-state index contributed by atoms with van der Waals surface area (Å²) in [6, 6.07) is 0. The second-order valence-electron chi connectivity index (χ2n) is 4.79. The van der Waals surface area contributed by atoms with Gasteiger partial charge in [-0.15, -0.1) is 0 Å². The Morgan fingerprint density at radius 2 is 1.62 bits per heavy atom. The Hall–Kier alpha value is 0.160. The van der Waals surface area contributed by atoms with E-state index < -0.39 is 9.24 Å². The number of piperidine rings is 1. The number of hydrogen-bond acceptors (Lipinski definition) is 3. The highest BCUT2D eigenvalue weighted by molar-refractivity contribution is 8.11. The Kier molecular flexibility index (Phi) is 4.11. The van der Waals surface area contributed by atoms with Gasteiger partial charge in [0.15, 0.2) is 0 Å². The van der Waals surface area contributed by atoms with Gasteiger partial charge >= 0.3 is 0 Å². The van der Waals surface area contributed by atoms with Gasteiger partial charge in [-0.2, -0.15) is 12.7 Å². The lowest BCUT2D eigenvalue weighted by Crippen LogP contribution is -2.39. The minimum Gasteiger partial charge on any atom is -0.303 e. The van der Waals surface area contributed by atoms with Crippen molar-refractivity contribution in [2.45, 2.75) is 25.7 Å². The molecule has 0 aliphatic carbocycles. The maximum absolute atomic E-state index is 11.1. The molecule has 0 aromatic heterocycles. The van der Waals surface area contributed by atoms with E-state index in [0.29, 0.717) is 19.0 Å². The van der Waals surface area contributed by atoms with E-state index in [2.05, 4.69) is 4.90 Å². The lowest BCUT2D eigenvalue weighted by atomic mass is 9.98. The summed E-state index contributed by atoms with van der Waals surface area (Å²) in [7, 11) is 1.83. The monoisotopic (exact) mass is 266 g/mol. The minimum atomic E-state index is -3.48. The summed E-state index contributed by atoms with van der Waals surface area (Å²) in [6.07, 6.45) is 4.52. The number of hydrogen-bond donors (Lipinski definition) is 0. The fourth-order valence-electron chi connectivity index (χ4n) is 2.64. The van der Waals surface area contributed by atoms with Crippen LogP contribution in [0, 0.1) is 5.92 Å². The normalized spacial score (nSPS) is 26.3. The van der Waals surface area contributed by atoms with E-state index in [1.807, 2.05) is 0 Å². The van der Waals surface area contributed by atoms with Crippen LogP contribution in [0.25, 0.3) is 0 Å². The summed E-state index contributed by atoms with van der Waals surface area (Å²) in [4.78, 5) is 2.50. The summed E-state index contributed by atoms with van der Waals surface area (Å²) >= 11 is 0. The molecule has 0 amide bonds. The largest absolute Gasteiger partial charge is 0.303 e. The molecule has 2 heterocycles. The first-order chi connectivity index (χ1) is 7.55. The third-order valence-corrected chi connectivity index (χ3v) is 5.16. The van der Waals surface area contributed by atoms with Gasteiger partial charge in [-0.25, -0.2) is 0 Å². The summed E-state index contributed by atoms with van der Waals surface area (Å²) in [5.74, 6) is 0.646. The van der Waals surface area contributed by atoms with Gasteiger partial charge in [-0.05, 0) is 44.7 Å². The summed E-state index contributed by atoms with van der Waals surface area (Å²) in [6.45, 7) is 4.74. The van der Waals surface area contributed by atoms with Crippen LogP contribution in [0.15, 0.2) is 0 Å². The molecule has 0 N–H and O–H groups in total. The van der Waals surface area contributed by atoms with Crippen LogP contribution in [0.3, 0.4) is 0 Å². The Labute approximate surface area is 102 Å². The molecule has 0 aromatic carbocycles. The molecule has 0 bridgehead atoms. The van der Waals surface area contributed by atoms with Gasteiger partial charge in [0.1, 0.15) is 0 Å². The second-order valence-corrected chi connectivity index (χ2v) is 7.30. The van der Waals surface area contributed by atoms with E-state index in [0.717, 1.165) is 19.4 Å². The van der Waals surface area contributed by atoms with E-state index in [1.165, 1.54) is 30.2 Å². The first-order valence-corrected chi connectivity index (χ1v) is 8.24. The van der Waals surface area contributed by atoms with Crippen molar-refractivity contribution in [1.29, 1.82) is 0 Å². The van der Waals surface area contributed by atoms with E-state index in [4.69, 9.17) is 10.7 Å². The molecular weight excluding hydrogens is 248 g/mol. The van der Waals surface area contributed by atoms with Crippen LogP contribution in [0.4, 0.5) is 0 Å². The molecule has 2 aliphatic heterocycles. The quantitative estimate of drug-likeness (QED) is 0.723. The Morgan fingerprint density at radius 3 is 2.12 bits per heavy atom. The molecule has 2 fully saturated rings. The molecule has 0 radical (unpaired) electrons.